The van der Waals surface area contributed by atoms with Crippen LogP contribution in [-0.4, -0.2) is 28.0 Å². The minimum absolute atomic E-state index is 0.0631. The zero-order chi connectivity index (χ0) is 15.2. The van der Waals surface area contributed by atoms with Crippen LogP contribution in [0, 0.1) is 0 Å². The van der Waals surface area contributed by atoms with Crippen LogP contribution in [0.5, 0.6) is 0 Å². The third-order valence-electron chi connectivity index (χ3n) is 3.91. The maximum atomic E-state index is 13.1. The Morgan fingerprint density at radius 3 is 2.91 bits per heavy atom. The van der Waals surface area contributed by atoms with Gasteiger partial charge in [-0.05, 0) is 36.4 Å². The highest BCUT2D eigenvalue weighted by Crippen LogP contribution is 2.39. The number of nitrogens with zero attached hydrogens (tertiary/aromatic N) is 3. The van der Waals surface area contributed by atoms with Crippen LogP contribution in [0.4, 0.5) is 0 Å². The molecule has 1 aliphatic heterocycles. The maximum Gasteiger partial charge on any atom is 0.245 e. The van der Waals surface area contributed by atoms with Gasteiger partial charge in [-0.1, -0.05) is 12.1 Å². The molecule has 4 rings (SSSR count). The van der Waals surface area contributed by atoms with Crippen molar-refractivity contribution in [1.82, 2.24) is 13.1 Å². The lowest BCUT2D eigenvalue weighted by atomic mass is 10.2. The molecule has 114 valence electrons. The van der Waals surface area contributed by atoms with E-state index in [1.54, 1.807) is 33.8 Å². The van der Waals surface area contributed by atoms with Gasteiger partial charge in [-0.25, -0.2) is 8.42 Å². The van der Waals surface area contributed by atoms with Gasteiger partial charge in [0.2, 0.25) is 10.0 Å². The minimum atomic E-state index is -3.57. The van der Waals surface area contributed by atoms with E-state index in [1.165, 1.54) is 0 Å². The first-order chi connectivity index (χ1) is 10.7. The van der Waals surface area contributed by atoms with E-state index in [4.69, 9.17) is 0 Å². The van der Waals surface area contributed by atoms with Crippen LogP contribution in [0.15, 0.2) is 40.6 Å². The molecular formula is C14H13N3O2S3. The highest BCUT2D eigenvalue weighted by molar-refractivity contribution is 7.89. The number of sulfonamides is 1. The van der Waals surface area contributed by atoms with Gasteiger partial charge < -0.3 is 0 Å². The SMILES string of the molecule is O=S(=O)(c1cccc2nsnc12)N1CCCC1c1cccs1. The number of rotatable bonds is 3. The summed E-state index contributed by atoms with van der Waals surface area (Å²) >= 11 is 2.65. The number of fused-ring (bicyclic) bond motifs is 1. The molecule has 22 heavy (non-hydrogen) atoms. The summed E-state index contributed by atoms with van der Waals surface area (Å²) in [4.78, 5) is 1.37. The summed E-state index contributed by atoms with van der Waals surface area (Å²) in [5.41, 5.74) is 1.11. The van der Waals surface area contributed by atoms with Crippen molar-refractivity contribution in [2.24, 2.45) is 0 Å². The van der Waals surface area contributed by atoms with Crippen molar-refractivity contribution in [1.29, 1.82) is 0 Å². The van der Waals surface area contributed by atoms with Crippen LogP contribution in [0.2, 0.25) is 0 Å². The monoisotopic (exact) mass is 351 g/mol. The fourth-order valence-corrected chi connectivity index (χ4v) is 6.28. The first kappa shape index (κ1) is 14.3. The van der Waals surface area contributed by atoms with Gasteiger partial charge in [-0.2, -0.15) is 13.1 Å². The molecule has 8 heteroatoms. The van der Waals surface area contributed by atoms with Crippen molar-refractivity contribution in [3.8, 4) is 0 Å². The van der Waals surface area contributed by atoms with Crippen LogP contribution in [-0.2, 0) is 10.0 Å². The molecule has 0 amide bonds. The number of hydrogen-bond donors (Lipinski definition) is 0. The highest BCUT2D eigenvalue weighted by atomic mass is 32.2. The molecule has 5 nitrogen and oxygen atoms in total. The van der Waals surface area contributed by atoms with Gasteiger partial charge in [-0.3, -0.25) is 0 Å². The predicted molar refractivity (Wildman–Crippen MR) is 87.6 cm³/mol. The Hall–Kier alpha value is -1.35. The molecule has 1 saturated heterocycles. The summed E-state index contributed by atoms with van der Waals surface area (Å²) in [6.07, 6.45) is 1.75. The van der Waals surface area contributed by atoms with Crippen LogP contribution in [0.1, 0.15) is 23.8 Å². The lowest BCUT2D eigenvalue weighted by Crippen LogP contribution is -2.30. The molecular weight excluding hydrogens is 338 g/mol. The summed E-state index contributed by atoms with van der Waals surface area (Å²) in [6, 6.07) is 9.06. The van der Waals surface area contributed by atoms with Gasteiger partial charge >= 0.3 is 0 Å². The number of aromatic nitrogens is 2. The number of thiophene rings is 1. The average Bonchev–Trinajstić information content (AvgIpc) is 3.25. The Kier molecular flexibility index (Phi) is 3.48. The van der Waals surface area contributed by atoms with Crippen molar-refractivity contribution >= 4 is 44.1 Å². The third kappa shape index (κ3) is 2.18. The molecule has 0 aliphatic carbocycles. The van der Waals surface area contributed by atoms with Crippen LogP contribution in [0.3, 0.4) is 0 Å². The molecule has 0 N–H and O–H groups in total. The Morgan fingerprint density at radius 1 is 1.18 bits per heavy atom. The summed E-state index contributed by atoms with van der Waals surface area (Å²) in [5, 5.41) is 1.99. The second-order valence-corrected chi connectivity index (χ2v) is 8.54. The maximum absolute atomic E-state index is 13.1. The quantitative estimate of drug-likeness (QED) is 0.726. The van der Waals surface area contributed by atoms with E-state index in [2.05, 4.69) is 8.75 Å². The molecule has 1 aliphatic rings. The molecule has 3 heterocycles. The topological polar surface area (TPSA) is 63.2 Å². The molecule has 0 bridgehead atoms. The lowest BCUT2D eigenvalue weighted by Gasteiger charge is -2.23. The fourth-order valence-electron chi connectivity index (χ4n) is 2.91. The average molecular weight is 351 g/mol. The van der Waals surface area contributed by atoms with Gasteiger partial charge in [-0.15, -0.1) is 11.3 Å². The van der Waals surface area contributed by atoms with E-state index in [9.17, 15) is 8.42 Å². The molecule has 1 aromatic carbocycles. The Morgan fingerprint density at radius 2 is 2.09 bits per heavy atom. The molecule has 0 saturated carbocycles. The predicted octanol–water partition coefficient (Wildman–Crippen LogP) is 3.28. The van der Waals surface area contributed by atoms with E-state index < -0.39 is 10.0 Å². The molecule has 0 radical (unpaired) electrons. The fraction of sp³-hybridized carbons (Fsp3) is 0.286. The lowest BCUT2D eigenvalue weighted by molar-refractivity contribution is 0.401. The molecule has 3 aromatic rings. The van der Waals surface area contributed by atoms with Gasteiger partial charge in [0.15, 0.2) is 0 Å². The zero-order valence-corrected chi connectivity index (χ0v) is 14.0. The zero-order valence-electron chi connectivity index (χ0n) is 11.5. The minimum Gasteiger partial charge on any atom is -0.207 e. The van der Waals surface area contributed by atoms with Gasteiger partial charge in [0.1, 0.15) is 15.9 Å². The highest BCUT2D eigenvalue weighted by Gasteiger charge is 2.37. The number of hydrogen-bond acceptors (Lipinski definition) is 6. The van der Waals surface area contributed by atoms with Crippen LogP contribution < -0.4 is 0 Å². The van der Waals surface area contributed by atoms with E-state index in [0.29, 0.717) is 17.6 Å². The van der Waals surface area contributed by atoms with E-state index >= 15 is 0 Å². The Labute approximate surface area is 136 Å². The molecule has 0 spiro atoms. The largest absolute Gasteiger partial charge is 0.245 e. The summed E-state index contributed by atoms with van der Waals surface area (Å²) in [5.74, 6) is 0. The second-order valence-electron chi connectivity index (χ2n) is 5.18. The van der Waals surface area contributed by atoms with Gasteiger partial charge in [0.05, 0.1) is 17.8 Å². The van der Waals surface area contributed by atoms with Crippen molar-refractivity contribution in [2.75, 3.05) is 6.54 Å². The Bertz CT molecular complexity index is 902. The van der Waals surface area contributed by atoms with Crippen molar-refractivity contribution < 1.29 is 8.42 Å². The number of benzene rings is 1. The van der Waals surface area contributed by atoms with E-state index in [-0.39, 0.29) is 10.9 Å². The van der Waals surface area contributed by atoms with E-state index in [0.717, 1.165) is 29.4 Å². The normalized spacial score (nSPS) is 19.9. The molecule has 1 atom stereocenters. The Balaban J connectivity index is 1.82. The van der Waals surface area contributed by atoms with Crippen molar-refractivity contribution in [3.05, 3.63) is 40.6 Å². The van der Waals surface area contributed by atoms with E-state index in [1.807, 2.05) is 17.5 Å². The first-order valence-corrected chi connectivity index (χ1v) is 9.99. The summed E-state index contributed by atoms with van der Waals surface area (Å²) in [6.45, 7) is 0.554. The third-order valence-corrected chi connectivity index (χ3v) is 7.37. The molecule has 1 fully saturated rings. The molecule has 2 aromatic heterocycles. The van der Waals surface area contributed by atoms with Crippen LogP contribution >= 0.6 is 23.1 Å². The van der Waals surface area contributed by atoms with Crippen molar-refractivity contribution in [2.45, 2.75) is 23.8 Å². The second kappa shape index (κ2) is 5.38. The van der Waals surface area contributed by atoms with Gasteiger partial charge in [0, 0.05) is 11.4 Å². The first-order valence-electron chi connectivity index (χ1n) is 6.94. The van der Waals surface area contributed by atoms with Crippen molar-refractivity contribution in [3.63, 3.8) is 0 Å². The van der Waals surface area contributed by atoms with Crippen LogP contribution in [0.25, 0.3) is 11.0 Å². The van der Waals surface area contributed by atoms with Gasteiger partial charge in [0.25, 0.3) is 0 Å². The standard InChI is InChI=1S/C14H13N3O2S3/c18-22(19,13-7-1-4-10-14(13)16-21-15-10)17-8-2-5-11(17)12-6-3-9-20-12/h1,3-4,6-7,9,11H,2,5,8H2. The summed E-state index contributed by atoms with van der Waals surface area (Å²) < 4.78 is 36.2. The smallest absolute Gasteiger partial charge is 0.207 e. The summed E-state index contributed by atoms with van der Waals surface area (Å²) in [7, 11) is -3.57. The molecule has 1 unspecified atom stereocenters.